The molecule has 0 aromatic carbocycles. The number of ether oxygens (including phenoxy) is 1. The molecule has 8 heteroatoms. The lowest BCUT2D eigenvalue weighted by Crippen LogP contribution is -2.44. The van der Waals surface area contributed by atoms with Crippen LogP contribution in [-0.4, -0.2) is 56.7 Å². The Kier molecular flexibility index (Phi) is 9.26. The van der Waals surface area contributed by atoms with E-state index in [4.69, 9.17) is 9.15 Å². The normalized spacial score (nSPS) is 17.9. The average molecular weight is 464 g/mol. The molecule has 0 bridgehead atoms. The minimum atomic E-state index is -0.383. The molecule has 2 rings (SSSR count). The topological polar surface area (TPSA) is 79.1 Å². The summed E-state index contributed by atoms with van der Waals surface area (Å²) in [5, 5.41) is 6.58. The molecule has 142 valence electrons. The Labute approximate surface area is 166 Å². The van der Waals surface area contributed by atoms with E-state index in [1.807, 2.05) is 0 Å². The van der Waals surface area contributed by atoms with Crippen molar-refractivity contribution in [1.82, 2.24) is 15.5 Å². The molecule has 25 heavy (non-hydrogen) atoms. The van der Waals surface area contributed by atoms with Crippen LogP contribution in [0.15, 0.2) is 15.5 Å². The van der Waals surface area contributed by atoms with Crippen molar-refractivity contribution in [3.05, 3.63) is 23.2 Å². The van der Waals surface area contributed by atoms with Crippen LogP contribution in [0.3, 0.4) is 0 Å². The molecule has 1 fully saturated rings. The molecule has 1 aliphatic heterocycles. The summed E-state index contributed by atoms with van der Waals surface area (Å²) in [6.45, 7) is 7.54. The van der Waals surface area contributed by atoms with Crippen LogP contribution in [0.2, 0.25) is 0 Å². The summed E-state index contributed by atoms with van der Waals surface area (Å²) in [5.41, 5.74) is 0.460. The number of carbonyl (C=O) groups is 1. The number of guanidine groups is 1. The van der Waals surface area contributed by atoms with Gasteiger partial charge in [-0.15, -0.1) is 24.0 Å². The van der Waals surface area contributed by atoms with E-state index in [1.165, 1.54) is 26.5 Å². The highest BCUT2D eigenvalue weighted by atomic mass is 127. The van der Waals surface area contributed by atoms with Crippen LogP contribution in [-0.2, 0) is 11.3 Å². The van der Waals surface area contributed by atoms with Gasteiger partial charge in [0.25, 0.3) is 0 Å². The van der Waals surface area contributed by atoms with Gasteiger partial charge in [-0.25, -0.2) is 4.79 Å². The first-order valence-corrected chi connectivity index (χ1v) is 8.45. The fraction of sp³-hybridized carbons (Fsp3) is 0.647. The first kappa shape index (κ1) is 21.8. The van der Waals surface area contributed by atoms with Crippen LogP contribution in [0.25, 0.3) is 0 Å². The highest BCUT2D eigenvalue weighted by Gasteiger charge is 2.22. The molecule has 1 aliphatic rings. The van der Waals surface area contributed by atoms with Crippen LogP contribution in [0.5, 0.6) is 0 Å². The lowest BCUT2D eigenvalue weighted by atomic mass is 10.2. The van der Waals surface area contributed by atoms with Crippen LogP contribution in [0.4, 0.5) is 0 Å². The van der Waals surface area contributed by atoms with Gasteiger partial charge >= 0.3 is 5.97 Å². The SMILES string of the molecule is CCN1CCCC1CNC(=NC)NCc1cc(C(=O)OC)c(C)o1.I. The minimum absolute atomic E-state index is 0. The Morgan fingerprint density at radius 2 is 2.24 bits per heavy atom. The van der Waals surface area contributed by atoms with Gasteiger partial charge in [0.2, 0.25) is 0 Å². The zero-order chi connectivity index (χ0) is 17.5. The van der Waals surface area contributed by atoms with Gasteiger partial charge in [-0.1, -0.05) is 6.92 Å². The molecule has 0 aliphatic carbocycles. The largest absolute Gasteiger partial charge is 0.465 e. The molecule has 1 aromatic heterocycles. The van der Waals surface area contributed by atoms with E-state index in [1.54, 1.807) is 20.0 Å². The molecular weight excluding hydrogens is 435 g/mol. The zero-order valence-electron chi connectivity index (χ0n) is 15.4. The Bertz CT molecular complexity index is 588. The molecule has 0 amide bonds. The van der Waals surface area contributed by atoms with Crippen molar-refractivity contribution in [3.63, 3.8) is 0 Å². The number of furan rings is 1. The number of hydrogen-bond donors (Lipinski definition) is 2. The molecule has 7 nitrogen and oxygen atoms in total. The van der Waals surface area contributed by atoms with Crippen molar-refractivity contribution in [2.45, 2.75) is 39.3 Å². The fourth-order valence-electron chi connectivity index (χ4n) is 3.09. The summed E-state index contributed by atoms with van der Waals surface area (Å²) < 4.78 is 10.3. The van der Waals surface area contributed by atoms with Crippen LogP contribution >= 0.6 is 24.0 Å². The third-order valence-corrected chi connectivity index (χ3v) is 4.44. The predicted octanol–water partition coefficient (Wildman–Crippen LogP) is 2.14. The second-order valence-corrected chi connectivity index (χ2v) is 5.91. The van der Waals surface area contributed by atoms with E-state index in [9.17, 15) is 4.79 Å². The predicted molar refractivity (Wildman–Crippen MR) is 109 cm³/mol. The molecule has 2 N–H and O–H groups in total. The molecule has 1 saturated heterocycles. The number of likely N-dealkylation sites (N-methyl/N-ethyl adjacent to an activating group) is 1. The van der Waals surface area contributed by atoms with Gasteiger partial charge in [0.05, 0.1) is 13.7 Å². The van der Waals surface area contributed by atoms with Gasteiger partial charge in [0.1, 0.15) is 17.1 Å². The summed E-state index contributed by atoms with van der Waals surface area (Å²) in [7, 11) is 3.11. The summed E-state index contributed by atoms with van der Waals surface area (Å²) >= 11 is 0. The molecule has 0 radical (unpaired) electrons. The molecule has 1 atom stereocenters. The Morgan fingerprint density at radius 3 is 2.88 bits per heavy atom. The molecular formula is C17H29IN4O3. The number of halogens is 1. The zero-order valence-corrected chi connectivity index (χ0v) is 17.8. The summed E-state index contributed by atoms with van der Waals surface area (Å²) in [6.07, 6.45) is 2.48. The summed E-state index contributed by atoms with van der Waals surface area (Å²) in [6, 6.07) is 2.27. The lowest BCUT2D eigenvalue weighted by molar-refractivity contribution is 0.0599. The number of carbonyl (C=O) groups excluding carboxylic acids is 1. The van der Waals surface area contributed by atoms with Gasteiger partial charge in [0, 0.05) is 19.6 Å². The molecule has 2 heterocycles. The van der Waals surface area contributed by atoms with E-state index in [-0.39, 0.29) is 29.9 Å². The number of nitrogens with one attached hydrogen (secondary N) is 2. The van der Waals surface area contributed by atoms with Crippen LogP contribution < -0.4 is 10.6 Å². The minimum Gasteiger partial charge on any atom is -0.465 e. The Balaban J connectivity index is 0.00000312. The number of esters is 1. The molecule has 1 unspecified atom stereocenters. The van der Waals surface area contributed by atoms with Crippen molar-refractivity contribution in [2.24, 2.45) is 4.99 Å². The standard InChI is InChI=1S/C17H28N4O3.HI/c1-5-21-8-6-7-13(21)10-19-17(18-3)20-11-14-9-15(12(2)24-14)16(22)23-4;/h9,13H,5-8,10-11H2,1-4H3,(H2,18,19,20);1H. The van der Waals surface area contributed by atoms with Crippen molar-refractivity contribution in [2.75, 3.05) is 33.8 Å². The number of nitrogens with zero attached hydrogens (tertiary/aromatic N) is 2. The second-order valence-electron chi connectivity index (χ2n) is 5.91. The summed E-state index contributed by atoms with van der Waals surface area (Å²) in [5.74, 6) is 1.58. The smallest absolute Gasteiger partial charge is 0.341 e. The van der Waals surface area contributed by atoms with E-state index < -0.39 is 0 Å². The number of aryl methyl sites for hydroxylation is 1. The highest BCUT2D eigenvalue weighted by Crippen LogP contribution is 2.16. The molecule has 0 spiro atoms. The molecule has 0 saturated carbocycles. The van der Waals surface area contributed by atoms with Gasteiger partial charge in [-0.3, -0.25) is 9.89 Å². The number of aliphatic imine (C=N–C) groups is 1. The molecule has 1 aromatic rings. The van der Waals surface area contributed by atoms with Gasteiger partial charge < -0.3 is 19.8 Å². The van der Waals surface area contributed by atoms with E-state index in [0.29, 0.717) is 29.7 Å². The maximum atomic E-state index is 11.6. The van der Waals surface area contributed by atoms with Gasteiger partial charge in [-0.2, -0.15) is 0 Å². The van der Waals surface area contributed by atoms with E-state index in [2.05, 4.69) is 27.4 Å². The Hall–Kier alpha value is -1.29. The van der Waals surface area contributed by atoms with E-state index >= 15 is 0 Å². The van der Waals surface area contributed by atoms with Gasteiger partial charge in [-0.05, 0) is 38.9 Å². The fourth-order valence-corrected chi connectivity index (χ4v) is 3.09. The average Bonchev–Trinajstić information content (AvgIpc) is 3.20. The van der Waals surface area contributed by atoms with Crippen LogP contribution in [0.1, 0.15) is 41.6 Å². The van der Waals surface area contributed by atoms with Gasteiger partial charge in [0.15, 0.2) is 5.96 Å². The monoisotopic (exact) mass is 464 g/mol. The van der Waals surface area contributed by atoms with Crippen molar-refractivity contribution >= 4 is 35.9 Å². The first-order chi connectivity index (χ1) is 11.6. The number of rotatable bonds is 6. The number of methoxy groups -OCH3 is 1. The third-order valence-electron chi connectivity index (χ3n) is 4.44. The third kappa shape index (κ3) is 5.88. The van der Waals surface area contributed by atoms with E-state index in [0.717, 1.165) is 19.0 Å². The van der Waals surface area contributed by atoms with Crippen molar-refractivity contribution in [1.29, 1.82) is 0 Å². The number of hydrogen-bond acceptors (Lipinski definition) is 5. The summed E-state index contributed by atoms with van der Waals surface area (Å²) in [4.78, 5) is 18.3. The number of likely N-dealkylation sites (tertiary alicyclic amines) is 1. The van der Waals surface area contributed by atoms with Crippen molar-refractivity contribution < 1.29 is 13.9 Å². The van der Waals surface area contributed by atoms with Crippen LogP contribution in [0, 0.1) is 6.92 Å². The Morgan fingerprint density at radius 1 is 1.48 bits per heavy atom. The van der Waals surface area contributed by atoms with Crippen molar-refractivity contribution in [3.8, 4) is 0 Å². The highest BCUT2D eigenvalue weighted by molar-refractivity contribution is 14.0. The maximum Gasteiger partial charge on any atom is 0.341 e. The second kappa shape index (κ2) is 10.6. The maximum absolute atomic E-state index is 11.6. The quantitative estimate of drug-likeness (QED) is 0.291. The lowest BCUT2D eigenvalue weighted by Gasteiger charge is -2.23. The first-order valence-electron chi connectivity index (χ1n) is 8.45.